The molecule has 0 fully saturated rings. The van der Waals surface area contributed by atoms with Crippen molar-refractivity contribution in [2.75, 3.05) is 0 Å². The molecule has 2 heterocycles. The van der Waals surface area contributed by atoms with Crippen LogP contribution in [0.4, 0.5) is 5.69 Å². The summed E-state index contributed by atoms with van der Waals surface area (Å²) in [5.74, 6) is 0. The molecule has 272 valence electrons. The summed E-state index contributed by atoms with van der Waals surface area (Å²) in [5, 5.41) is 13.1. The van der Waals surface area contributed by atoms with Crippen molar-refractivity contribution in [1.29, 1.82) is 0 Å². The van der Waals surface area contributed by atoms with E-state index in [1.54, 1.807) is 0 Å². The predicted molar refractivity (Wildman–Crippen MR) is 249 cm³/mol. The summed E-state index contributed by atoms with van der Waals surface area (Å²) in [6, 6.07) is 71.6. The Balaban J connectivity index is 1.13. The van der Waals surface area contributed by atoms with Gasteiger partial charge in [-0.15, -0.1) is 0 Å². The smallest absolute Gasteiger partial charge is 0.189 e. The molecule has 3 nitrogen and oxygen atoms in total. The van der Waals surface area contributed by atoms with Crippen LogP contribution in [0.5, 0.6) is 0 Å². The minimum Gasteiger partial charge on any atom is -0.311 e. The zero-order chi connectivity index (χ0) is 39.0. The topological polar surface area (TPSA) is 22.2 Å². The van der Waals surface area contributed by atoms with Crippen LogP contribution in [0.2, 0.25) is 0 Å². The molecule has 0 atom stereocenters. The summed E-state index contributed by atoms with van der Waals surface area (Å²) < 4.78 is 2.27. The maximum Gasteiger partial charge on any atom is 0.189 e. The standard InChI is InChI=1S/C56H33N3/c1-57-39-28-29-44-49-32-37(27-30-51(49)59(52(44)33-39)40-19-6-3-7-20-40)36-17-14-18-38(31-36)48-34-50-53(45-24-11-9-23-43(45)48)54-46-25-12-8-21-41(46)42-22-10-13-26-47(42)56(54)58-55(50)35-15-4-2-5-16-35/h2-34H. The molecule has 0 unspecified atom stereocenters. The number of nitrogens with zero attached hydrogens (tertiary/aromatic N) is 3. The SMILES string of the molecule is [C-]#[N+]c1ccc2c3cc(-c4cccc(-c5cc6c(-c7ccccc7)nc7c8ccccc8c8ccccc8c7c6c6ccccc56)c4)ccc3n(-c3ccccc3)c2c1. The quantitative estimate of drug-likeness (QED) is 0.130. The maximum absolute atomic E-state index is 7.73. The molecule has 0 aliphatic rings. The number of benzene rings is 10. The van der Waals surface area contributed by atoms with Crippen LogP contribution in [-0.2, 0) is 0 Å². The van der Waals surface area contributed by atoms with Gasteiger partial charge in [0, 0.05) is 49.1 Å². The Kier molecular flexibility index (Phi) is 7.29. The molecule has 0 amide bonds. The second-order valence-electron chi connectivity index (χ2n) is 15.3. The van der Waals surface area contributed by atoms with Gasteiger partial charge >= 0.3 is 0 Å². The van der Waals surface area contributed by atoms with E-state index in [4.69, 9.17) is 11.6 Å². The maximum atomic E-state index is 7.73. The molecule has 0 radical (unpaired) electrons. The number of pyridine rings is 1. The van der Waals surface area contributed by atoms with E-state index >= 15 is 0 Å². The first-order chi connectivity index (χ1) is 29.2. The van der Waals surface area contributed by atoms with Crippen molar-refractivity contribution in [2.45, 2.75) is 0 Å². The highest BCUT2D eigenvalue weighted by Gasteiger charge is 2.21. The van der Waals surface area contributed by atoms with Gasteiger partial charge in [0.15, 0.2) is 5.69 Å². The van der Waals surface area contributed by atoms with Gasteiger partial charge in [0.2, 0.25) is 0 Å². The third kappa shape index (κ3) is 5.04. The van der Waals surface area contributed by atoms with Crippen LogP contribution in [0.25, 0.3) is 120 Å². The van der Waals surface area contributed by atoms with Gasteiger partial charge in [-0.25, -0.2) is 9.83 Å². The van der Waals surface area contributed by atoms with E-state index in [9.17, 15) is 0 Å². The summed E-state index contributed by atoms with van der Waals surface area (Å²) in [4.78, 5) is 9.39. The highest BCUT2D eigenvalue weighted by molar-refractivity contribution is 6.36. The fraction of sp³-hybridized carbons (Fsp3) is 0. The third-order valence-electron chi connectivity index (χ3n) is 12.1. The lowest BCUT2D eigenvalue weighted by atomic mass is 9.87. The highest BCUT2D eigenvalue weighted by Crippen LogP contribution is 2.46. The molecule has 0 bridgehead atoms. The molecule has 0 saturated carbocycles. The predicted octanol–water partition coefficient (Wildman–Crippen LogP) is 15.5. The van der Waals surface area contributed by atoms with E-state index in [2.05, 4.69) is 191 Å². The molecule has 0 saturated heterocycles. The minimum atomic E-state index is 0.633. The Morgan fingerprint density at radius 3 is 1.75 bits per heavy atom. The van der Waals surface area contributed by atoms with E-state index in [1.165, 1.54) is 43.3 Å². The van der Waals surface area contributed by atoms with E-state index < -0.39 is 0 Å². The molecule has 12 aromatic rings. The lowest BCUT2D eigenvalue weighted by Gasteiger charge is -2.19. The van der Waals surface area contributed by atoms with Gasteiger partial charge in [0.25, 0.3) is 0 Å². The summed E-state index contributed by atoms with van der Waals surface area (Å²) in [7, 11) is 0. The minimum absolute atomic E-state index is 0.633. The molecule has 0 aliphatic heterocycles. The Hall–Kier alpha value is -8.06. The first kappa shape index (κ1) is 33.1. The molecular weight excluding hydrogens is 715 g/mol. The Morgan fingerprint density at radius 1 is 0.373 bits per heavy atom. The fourth-order valence-corrected chi connectivity index (χ4v) is 9.53. The molecule has 3 heteroatoms. The number of rotatable bonds is 4. The van der Waals surface area contributed by atoms with Crippen molar-refractivity contribution >= 4 is 81.5 Å². The summed E-state index contributed by atoms with van der Waals surface area (Å²) in [5.41, 5.74) is 11.6. The second kappa shape index (κ2) is 13.0. The number of para-hydroxylation sites is 1. The molecule has 12 rings (SSSR count). The van der Waals surface area contributed by atoms with Crippen molar-refractivity contribution in [3.63, 3.8) is 0 Å². The zero-order valence-electron chi connectivity index (χ0n) is 31.9. The molecule has 59 heavy (non-hydrogen) atoms. The lowest BCUT2D eigenvalue weighted by molar-refractivity contribution is 1.18. The number of hydrogen-bond donors (Lipinski definition) is 0. The van der Waals surface area contributed by atoms with Gasteiger partial charge in [-0.05, 0) is 91.6 Å². The molecule has 0 N–H and O–H groups in total. The lowest BCUT2D eigenvalue weighted by Crippen LogP contribution is -1.95. The largest absolute Gasteiger partial charge is 0.311 e. The molecule has 0 spiro atoms. The fourth-order valence-electron chi connectivity index (χ4n) is 9.53. The second-order valence-corrected chi connectivity index (χ2v) is 15.3. The van der Waals surface area contributed by atoms with E-state index in [-0.39, 0.29) is 0 Å². The first-order valence-electron chi connectivity index (χ1n) is 20.0. The van der Waals surface area contributed by atoms with Gasteiger partial charge in [-0.2, -0.15) is 0 Å². The van der Waals surface area contributed by atoms with Crippen molar-refractivity contribution in [3.8, 4) is 39.2 Å². The Labute approximate surface area is 340 Å². The van der Waals surface area contributed by atoms with Gasteiger partial charge in [0.1, 0.15) is 0 Å². The van der Waals surface area contributed by atoms with E-state index in [1.807, 2.05) is 18.2 Å². The van der Waals surface area contributed by atoms with E-state index in [0.717, 1.165) is 71.7 Å². The molecule has 2 aromatic heterocycles. The monoisotopic (exact) mass is 747 g/mol. The average molecular weight is 748 g/mol. The third-order valence-corrected chi connectivity index (χ3v) is 12.1. The number of hydrogen-bond acceptors (Lipinski definition) is 1. The van der Waals surface area contributed by atoms with Crippen molar-refractivity contribution in [1.82, 2.24) is 9.55 Å². The van der Waals surface area contributed by atoms with Crippen LogP contribution in [-0.4, -0.2) is 9.55 Å². The first-order valence-corrected chi connectivity index (χ1v) is 20.0. The highest BCUT2D eigenvalue weighted by atomic mass is 15.0. The van der Waals surface area contributed by atoms with Gasteiger partial charge in [-0.1, -0.05) is 158 Å². The normalized spacial score (nSPS) is 11.7. The average Bonchev–Trinajstić information content (AvgIpc) is 3.64. The van der Waals surface area contributed by atoms with Crippen LogP contribution in [0, 0.1) is 6.57 Å². The van der Waals surface area contributed by atoms with Crippen LogP contribution in [0.1, 0.15) is 0 Å². The van der Waals surface area contributed by atoms with Crippen LogP contribution < -0.4 is 0 Å². The van der Waals surface area contributed by atoms with Gasteiger partial charge in [0.05, 0.1) is 23.3 Å². The van der Waals surface area contributed by atoms with Crippen LogP contribution in [0.3, 0.4) is 0 Å². The molecule has 0 aliphatic carbocycles. The van der Waals surface area contributed by atoms with Crippen LogP contribution >= 0.6 is 0 Å². The Bertz CT molecular complexity index is 3720. The van der Waals surface area contributed by atoms with Crippen molar-refractivity contribution in [2.24, 2.45) is 0 Å². The summed E-state index contributed by atoms with van der Waals surface area (Å²) >= 11 is 0. The van der Waals surface area contributed by atoms with Gasteiger partial charge in [-0.3, -0.25) is 0 Å². The molecular formula is C56H33N3. The number of aromatic nitrogens is 2. The van der Waals surface area contributed by atoms with Crippen molar-refractivity contribution in [3.05, 3.63) is 212 Å². The molecule has 10 aromatic carbocycles. The van der Waals surface area contributed by atoms with Crippen LogP contribution in [0.15, 0.2) is 200 Å². The van der Waals surface area contributed by atoms with E-state index in [0.29, 0.717) is 5.69 Å². The number of fused-ring (bicyclic) bond motifs is 13. The zero-order valence-corrected chi connectivity index (χ0v) is 31.9. The summed E-state index contributed by atoms with van der Waals surface area (Å²) in [6.45, 7) is 7.73. The Morgan fingerprint density at radius 2 is 0.983 bits per heavy atom. The summed E-state index contributed by atoms with van der Waals surface area (Å²) in [6.07, 6.45) is 0. The van der Waals surface area contributed by atoms with Crippen molar-refractivity contribution < 1.29 is 0 Å². The van der Waals surface area contributed by atoms with Gasteiger partial charge < -0.3 is 4.57 Å².